The van der Waals surface area contributed by atoms with Crippen LogP contribution in [0.5, 0.6) is 5.75 Å². The smallest absolute Gasteiger partial charge is 0.228 e. The van der Waals surface area contributed by atoms with Crippen LogP contribution in [0.4, 0.5) is 0 Å². The molecule has 0 aliphatic carbocycles. The van der Waals surface area contributed by atoms with Crippen molar-refractivity contribution in [1.82, 2.24) is 9.88 Å². The van der Waals surface area contributed by atoms with Crippen molar-refractivity contribution in [2.24, 2.45) is 0 Å². The van der Waals surface area contributed by atoms with Crippen LogP contribution in [-0.4, -0.2) is 29.4 Å². The number of carbonyl (C=O) groups excluding carboxylic acids is 1. The summed E-state index contributed by atoms with van der Waals surface area (Å²) in [4.78, 5) is 20.2. The van der Waals surface area contributed by atoms with Crippen molar-refractivity contribution in [3.8, 4) is 5.75 Å². The minimum Gasteiger partial charge on any atom is -0.497 e. The number of amides is 1. The van der Waals surface area contributed by atoms with Crippen LogP contribution in [-0.2, 0) is 11.2 Å². The van der Waals surface area contributed by atoms with Gasteiger partial charge in [0.25, 0.3) is 0 Å². The summed E-state index contributed by atoms with van der Waals surface area (Å²) in [6, 6.07) is 13.8. The Labute approximate surface area is 190 Å². The maximum atomic E-state index is 13.4. The van der Waals surface area contributed by atoms with Crippen LogP contribution >= 0.6 is 23.4 Å². The molecule has 0 fully saturated rings. The number of aromatic amines is 1. The number of ether oxygens (including phenoxy) is 1. The summed E-state index contributed by atoms with van der Waals surface area (Å²) in [7, 11) is 1.66. The predicted octanol–water partition coefficient (Wildman–Crippen LogP) is 6.23. The molecule has 1 amide bonds. The van der Waals surface area contributed by atoms with E-state index in [9.17, 15) is 4.79 Å². The second-order valence-electron chi connectivity index (χ2n) is 7.79. The highest BCUT2D eigenvalue weighted by Crippen LogP contribution is 2.40. The van der Waals surface area contributed by atoms with Gasteiger partial charge in [0.1, 0.15) is 5.75 Å². The highest BCUT2D eigenvalue weighted by Gasteiger charge is 2.34. The van der Waals surface area contributed by atoms with Crippen molar-refractivity contribution in [3.63, 3.8) is 0 Å². The topological polar surface area (TPSA) is 45.3 Å². The molecule has 5 rings (SSSR count). The van der Waals surface area contributed by atoms with Crippen molar-refractivity contribution in [1.29, 1.82) is 0 Å². The van der Waals surface area contributed by atoms with Gasteiger partial charge in [-0.05, 0) is 64.6 Å². The van der Waals surface area contributed by atoms with Gasteiger partial charge in [0.15, 0.2) is 0 Å². The lowest BCUT2D eigenvalue weighted by Crippen LogP contribution is -2.40. The fourth-order valence-electron chi connectivity index (χ4n) is 4.47. The molecule has 6 heteroatoms. The number of halogens is 1. The first-order valence-electron chi connectivity index (χ1n) is 10.4. The lowest BCUT2D eigenvalue weighted by atomic mass is 9.92. The van der Waals surface area contributed by atoms with E-state index in [-0.39, 0.29) is 11.9 Å². The van der Waals surface area contributed by atoms with E-state index in [2.05, 4.69) is 34.7 Å². The number of hydrogen-bond donors (Lipinski definition) is 1. The first kappa shape index (κ1) is 20.3. The third kappa shape index (κ3) is 3.88. The molecule has 0 saturated heterocycles. The summed E-state index contributed by atoms with van der Waals surface area (Å²) in [5.41, 5.74) is 4.44. The highest BCUT2D eigenvalue weighted by molar-refractivity contribution is 8.05. The number of allylic oxidation sites excluding steroid dienone is 2. The summed E-state index contributed by atoms with van der Waals surface area (Å²) in [6.45, 7) is 0.676. The maximum Gasteiger partial charge on any atom is 0.228 e. The molecule has 0 bridgehead atoms. The quantitative estimate of drug-likeness (QED) is 0.512. The van der Waals surface area contributed by atoms with Crippen LogP contribution in [0.2, 0.25) is 5.02 Å². The maximum absolute atomic E-state index is 13.4. The van der Waals surface area contributed by atoms with Gasteiger partial charge in [-0.25, -0.2) is 0 Å². The van der Waals surface area contributed by atoms with Crippen LogP contribution < -0.4 is 4.74 Å². The Kier molecular flexibility index (Phi) is 5.55. The summed E-state index contributed by atoms with van der Waals surface area (Å²) in [5.74, 6) is 0.953. The van der Waals surface area contributed by atoms with E-state index < -0.39 is 0 Å². The van der Waals surface area contributed by atoms with Crippen molar-refractivity contribution in [2.45, 2.75) is 25.3 Å². The highest BCUT2D eigenvalue weighted by atomic mass is 35.5. The molecule has 3 heterocycles. The molecule has 2 aliphatic rings. The number of thioether (sulfide) groups is 1. The molecule has 1 aromatic heterocycles. The number of nitrogens with zero attached hydrogens (tertiary/aromatic N) is 1. The first-order chi connectivity index (χ1) is 15.1. The summed E-state index contributed by atoms with van der Waals surface area (Å²) >= 11 is 7.93. The lowest BCUT2D eigenvalue weighted by Gasteiger charge is -2.36. The molecule has 1 atom stereocenters. The number of methoxy groups -OCH3 is 1. The van der Waals surface area contributed by atoms with Crippen molar-refractivity contribution >= 4 is 40.2 Å². The molecular formula is C25H23ClN2O2S. The minimum atomic E-state index is -0.168. The zero-order valence-corrected chi connectivity index (χ0v) is 18.8. The number of fused-ring (bicyclic) bond motifs is 3. The Morgan fingerprint density at radius 1 is 1.26 bits per heavy atom. The van der Waals surface area contributed by atoms with E-state index in [1.54, 1.807) is 18.9 Å². The first-order valence-corrected chi connectivity index (χ1v) is 11.6. The Bertz CT molecular complexity index is 1200. The van der Waals surface area contributed by atoms with E-state index in [1.165, 1.54) is 5.56 Å². The molecular weight excluding hydrogens is 428 g/mol. The van der Waals surface area contributed by atoms with Gasteiger partial charge < -0.3 is 14.6 Å². The molecule has 3 aromatic rings. The van der Waals surface area contributed by atoms with E-state index in [1.807, 2.05) is 35.2 Å². The van der Waals surface area contributed by atoms with Gasteiger partial charge in [0, 0.05) is 28.2 Å². The Balaban J connectivity index is 1.56. The van der Waals surface area contributed by atoms with Crippen molar-refractivity contribution < 1.29 is 9.53 Å². The average molecular weight is 451 g/mol. The number of carbonyl (C=O) groups is 1. The largest absolute Gasteiger partial charge is 0.497 e. The predicted molar refractivity (Wildman–Crippen MR) is 128 cm³/mol. The number of nitrogens with one attached hydrogen (secondary N) is 1. The number of hydrogen-bond acceptors (Lipinski definition) is 3. The fourth-order valence-corrected chi connectivity index (χ4v) is 5.42. The summed E-state index contributed by atoms with van der Waals surface area (Å²) in [6.07, 6.45) is 6.39. The molecule has 2 aromatic carbocycles. The van der Waals surface area contributed by atoms with E-state index >= 15 is 0 Å². The van der Waals surface area contributed by atoms with Gasteiger partial charge in [0.2, 0.25) is 5.91 Å². The third-order valence-electron chi connectivity index (χ3n) is 5.96. The van der Waals surface area contributed by atoms with Crippen LogP contribution in [0.1, 0.15) is 35.7 Å². The second kappa shape index (κ2) is 8.48. The fraction of sp³-hybridized carbons (Fsp3) is 0.240. The molecule has 0 saturated carbocycles. The lowest BCUT2D eigenvalue weighted by molar-refractivity contribution is -0.132. The van der Waals surface area contributed by atoms with Crippen LogP contribution in [0, 0.1) is 0 Å². The molecule has 1 N–H and O–H groups in total. The molecule has 4 nitrogen and oxygen atoms in total. The van der Waals surface area contributed by atoms with Gasteiger partial charge in [-0.2, -0.15) is 0 Å². The number of benzene rings is 2. The molecule has 2 aliphatic heterocycles. The number of aromatic nitrogens is 1. The number of rotatable bonds is 4. The van der Waals surface area contributed by atoms with E-state index in [4.69, 9.17) is 16.3 Å². The average Bonchev–Trinajstić information content (AvgIpc) is 3.17. The molecule has 0 spiro atoms. The molecule has 1 unspecified atom stereocenters. The van der Waals surface area contributed by atoms with Gasteiger partial charge in [-0.1, -0.05) is 35.9 Å². The van der Waals surface area contributed by atoms with Crippen LogP contribution in [0.3, 0.4) is 0 Å². The SMILES string of the molecule is COc1ccc(C2c3[nH]c4ccc(Cl)cc4c3CCN2C(=O)CC2=CCC=CS2)cc1. The van der Waals surface area contributed by atoms with Gasteiger partial charge in [-0.3, -0.25) is 4.79 Å². The van der Waals surface area contributed by atoms with Crippen molar-refractivity contribution in [3.05, 3.63) is 86.8 Å². The second-order valence-corrected chi connectivity index (χ2v) is 9.26. The summed E-state index contributed by atoms with van der Waals surface area (Å²) < 4.78 is 5.34. The Hall–Kier alpha value is -2.63. The normalized spacial score (nSPS) is 18.1. The van der Waals surface area contributed by atoms with E-state index in [0.717, 1.165) is 50.7 Å². The standard InChI is InChI=1S/C25H23ClN2O2S/c1-30-18-8-5-16(6-9-18)25-24-20(21-14-17(26)7-10-22(21)27-24)11-12-28(25)23(29)15-19-4-2-3-13-31-19/h3-10,13-14,25,27H,2,11-12,15H2,1H3. The Morgan fingerprint density at radius 3 is 2.84 bits per heavy atom. The third-order valence-corrected chi connectivity index (χ3v) is 7.14. The zero-order chi connectivity index (χ0) is 21.4. The van der Waals surface area contributed by atoms with Crippen LogP contribution in [0.15, 0.2) is 64.9 Å². The molecule has 0 radical (unpaired) electrons. The van der Waals surface area contributed by atoms with E-state index in [0.29, 0.717) is 13.0 Å². The monoisotopic (exact) mass is 450 g/mol. The van der Waals surface area contributed by atoms with Gasteiger partial charge in [0.05, 0.1) is 19.6 Å². The number of H-pyrrole nitrogens is 1. The van der Waals surface area contributed by atoms with Crippen molar-refractivity contribution in [2.75, 3.05) is 13.7 Å². The minimum absolute atomic E-state index is 0.150. The summed E-state index contributed by atoms with van der Waals surface area (Å²) in [5, 5.41) is 3.94. The Morgan fingerprint density at radius 2 is 2.10 bits per heavy atom. The van der Waals surface area contributed by atoms with Gasteiger partial charge in [-0.15, -0.1) is 11.8 Å². The van der Waals surface area contributed by atoms with Gasteiger partial charge >= 0.3 is 0 Å². The molecule has 31 heavy (non-hydrogen) atoms. The molecule has 158 valence electrons. The zero-order valence-electron chi connectivity index (χ0n) is 17.2. The van der Waals surface area contributed by atoms with Crippen LogP contribution in [0.25, 0.3) is 10.9 Å².